The second-order valence-corrected chi connectivity index (χ2v) is 7.60. The van der Waals surface area contributed by atoms with E-state index in [-0.39, 0.29) is 30.5 Å². The van der Waals surface area contributed by atoms with E-state index in [1.165, 1.54) is 19.3 Å². The number of fused-ring (bicyclic) bond motifs is 3. The second-order valence-electron chi connectivity index (χ2n) is 7.60. The van der Waals surface area contributed by atoms with Gasteiger partial charge in [0.2, 0.25) is 0 Å². The van der Waals surface area contributed by atoms with E-state index in [0.717, 1.165) is 22.3 Å². The van der Waals surface area contributed by atoms with Crippen LogP contribution in [-0.2, 0) is 20.9 Å². The Morgan fingerprint density at radius 1 is 1.00 bits per heavy atom. The van der Waals surface area contributed by atoms with Crippen molar-refractivity contribution in [2.24, 2.45) is 0 Å². The van der Waals surface area contributed by atoms with Gasteiger partial charge in [-0.3, -0.25) is 9.63 Å². The third kappa shape index (κ3) is 5.02. The Balaban J connectivity index is 1.28. The number of benzene rings is 2. The number of aliphatic carboxylic acids is 1. The van der Waals surface area contributed by atoms with Gasteiger partial charge >= 0.3 is 12.1 Å². The van der Waals surface area contributed by atoms with Gasteiger partial charge < -0.3 is 15.2 Å². The molecule has 1 aliphatic carbocycles. The molecule has 4 rings (SSSR count). The number of aromatic nitrogens is 2. The maximum atomic E-state index is 12.3. The molecule has 174 valence electrons. The Morgan fingerprint density at radius 2 is 1.59 bits per heavy atom. The lowest BCUT2D eigenvalue weighted by Gasteiger charge is -2.14. The van der Waals surface area contributed by atoms with Gasteiger partial charge in [-0.1, -0.05) is 48.5 Å². The van der Waals surface area contributed by atoms with Gasteiger partial charge in [0.15, 0.2) is 6.10 Å². The van der Waals surface area contributed by atoms with E-state index in [2.05, 4.69) is 27.4 Å². The van der Waals surface area contributed by atoms with Crippen LogP contribution < -0.4 is 10.8 Å². The van der Waals surface area contributed by atoms with Crippen LogP contribution in [-0.4, -0.2) is 45.8 Å². The molecule has 1 atom stereocenters. The first-order valence-corrected chi connectivity index (χ1v) is 10.5. The Kier molecular flexibility index (Phi) is 6.79. The lowest BCUT2D eigenvalue weighted by Crippen LogP contribution is -2.32. The van der Waals surface area contributed by atoms with Gasteiger partial charge in [0.25, 0.3) is 5.91 Å². The van der Waals surface area contributed by atoms with Gasteiger partial charge in [-0.15, -0.1) is 0 Å². The molecule has 1 aromatic heterocycles. The summed E-state index contributed by atoms with van der Waals surface area (Å²) < 4.78 is 5.46. The van der Waals surface area contributed by atoms with Gasteiger partial charge in [-0.2, -0.15) is 0 Å². The predicted molar refractivity (Wildman–Crippen MR) is 120 cm³/mol. The molecule has 0 fully saturated rings. The zero-order valence-electron chi connectivity index (χ0n) is 18.2. The molecular formula is C24H22N4O6. The van der Waals surface area contributed by atoms with Crippen molar-refractivity contribution < 1.29 is 29.1 Å². The minimum absolute atomic E-state index is 0.00508. The minimum atomic E-state index is -1.22. The zero-order valence-corrected chi connectivity index (χ0v) is 18.2. The van der Waals surface area contributed by atoms with E-state index in [9.17, 15) is 14.4 Å². The van der Waals surface area contributed by atoms with Crippen molar-refractivity contribution in [2.75, 3.05) is 6.61 Å². The van der Waals surface area contributed by atoms with Crippen LogP contribution >= 0.6 is 0 Å². The summed E-state index contributed by atoms with van der Waals surface area (Å²) >= 11 is 0. The summed E-state index contributed by atoms with van der Waals surface area (Å²) in [6.45, 7) is 1.47. The van der Waals surface area contributed by atoms with E-state index >= 15 is 0 Å². The number of rotatable bonds is 8. The number of nitrogens with one attached hydrogen (secondary N) is 2. The highest BCUT2D eigenvalue weighted by Gasteiger charge is 2.29. The first-order chi connectivity index (χ1) is 16.4. The first-order valence-electron chi connectivity index (χ1n) is 10.5. The molecule has 0 spiro atoms. The molecule has 0 bridgehead atoms. The maximum Gasteiger partial charge on any atom is 0.407 e. The monoisotopic (exact) mass is 462 g/mol. The Morgan fingerprint density at radius 3 is 2.18 bits per heavy atom. The van der Waals surface area contributed by atoms with Crippen LogP contribution in [0.4, 0.5) is 4.79 Å². The van der Waals surface area contributed by atoms with Crippen LogP contribution in [0.1, 0.15) is 40.2 Å². The number of carboxylic acids is 1. The Hall–Kier alpha value is -4.31. The largest absolute Gasteiger partial charge is 0.479 e. The lowest BCUT2D eigenvalue weighted by molar-refractivity contribution is -0.152. The summed E-state index contributed by atoms with van der Waals surface area (Å²) in [6, 6.07) is 16.1. The van der Waals surface area contributed by atoms with Crippen LogP contribution in [0, 0.1) is 0 Å². The van der Waals surface area contributed by atoms with E-state index in [0.29, 0.717) is 0 Å². The molecule has 1 aliphatic rings. The molecule has 0 saturated carbocycles. The zero-order chi connectivity index (χ0) is 24.1. The van der Waals surface area contributed by atoms with Crippen molar-refractivity contribution in [1.29, 1.82) is 0 Å². The first kappa shape index (κ1) is 22.9. The number of alkyl carbamates (subject to hydrolysis) is 1. The predicted octanol–water partition coefficient (Wildman–Crippen LogP) is 2.65. The van der Waals surface area contributed by atoms with Crippen LogP contribution in [0.25, 0.3) is 11.1 Å². The fourth-order valence-electron chi connectivity index (χ4n) is 3.62. The Bertz CT molecular complexity index is 1170. The van der Waals surface area contributed by atoms with Gasteiger partial charge in [-0.25, -0.2) is 25.0 Å². The summed E-state index contributed by atoms with van der Waals surface area (Å²) in [5.74, 6) is -1.68. The highest BCUT2D eigenvalue weighted by molar-refractivity contribution is 5.92. The average Bonchev–Trinajstić information content (AvgIpc) is 3.18. The van der Waals surface area contributed by atoms with Crippen molar-refractivity contribution >= 4 is 18.0 Å². The second kappa shape index (κ2) is 10.1. The van der Waals surface area contributed by atoms with Gasteiger partial charge in [-0.05, 0) is 29.2 Å². The quantitative estimate of drug-likeness (QED) is 0.434. The number of hydrogen-bond donors (Lipinski definition) is 3. The molecule has 2 amide bonds. The molecule has 1 heterocycles. The molecule has 10 heteroatoms. The molecule has 10 nitrogen and oxygen atoms in total. The van der Waals surface area contributed by atoms with E-state index in [1.54, 1.807) is 0 Å². The fourth-order valence-corrected chi connectivity index (χ4v) is 3.62. The van der Waals surface area contributed by atoms with Gasteiger partial charge in [0, 0.05) is 18.3 Å². The van der Waals surface area contributed by atoms with Crippen molar-refractivity contribution in [3.63, 3.8) is 0 Å². The molecule has 0 aliphatic heterocycles. The molecule has 3 N–H and O–H groups in total. The van der Waals surface area contributed by atoms with Crippen molar-refractivity contribution in [3.8, 4) is 11.1 Å². The van der Waals surface area contributed by atoms with E-state index in [4.69, 9.17) is 14.7 Å². The topological polar surface area (TPSA) is 140 Å². The summed E-state index contributed by atoms with van der Waals surface area (Å²) in [7, 11) is 0. The van der Waals surface area contributed by atoms with Crippen LogP contribution in [0.2, 0.25) is 0 Å². The maximum absolute atomic E-state index is 12.3. The van der Waals surface area contributed by atoms with Gasteiger partial charge in [0.1, 0.15) is 12.4 Å². The number of amides is 2. The highest BCUT2D eigenvalue weighted by atomic mass is 16.7. The Labute approximate surface area is 194 Å². The van der Waals surface area contributed by atoms with Crippen LogP contribution in [0.3, 0.4) is 0 Å². The van der Waals surface area contributed by atoms with Crippen molar-refractivity contribution in [2.45, 2.75) is 25.5 Å². The number of hydrogen-bond acceptors (Lipinski definition) is 7. The third-order valence-electron chi connectivity index (χ3n) is 5.38. The third-order valence-corrected chi connectivity index (χ3v) is 5.38. The van der Waals surface area contributed by atoms with E-state index in [1.807, 2.05) is 41.9 Å². The summed E-state index contributed by atoms with van der Waals surface area (Å²) in [5.41, 5.74) is 6.62. The van der Waals surface area contributed by atoms with Crippen LogP contribution in [0.5, 0.6) is 0 Å². The smallest absolute Gasteiger partial charge is 0.407 e. The molecule has 0 radical (unpaired) electrons. The summed E-state index contributed by atoms with van der Waals surface area (Å²) in [4.78, 5) is 47.6. The fraction of sp³-hybridized carbons (Fsp3) is 0.208. The average molecular weight is 462 g/mol. The number of carbonyl (C=O) groups is 3. The summed E-state index contributed by atoms with van der Waals surface area (Å²) in [5, 5.41) is 11.3. The molecule has 0 saturated heterocycles. The molecule has 2 aromatic carbocycles. The van der Waals surface area contributed by atoms with Crippen molar-refractivity contribution in [3.05, 3.63) is 83.4 Å². The van der Waals surface area contributed by atoms with Gasteiger partial charge in [0.05, 0.1) is 12.1 Å². The minimum Gasteiger partial charge on any atom is -0.479 e. The molecule has 34 heavy (non-hydrogen) atoms. The number of carbonyl (C=O) groups excluding carboxylic acids is 2. The normalized spacial score (nSPS) is 12.9. The number of hydroxylamine groups is 1. The summed E-state index contributed by atoms with van der Waals surface area (Å²) in [6.07, 6.45) is 0.673. The van der Waals surface area contributed by atoms with Crippen molar-refractivity contribution in [1.82, 2.24) is 20.8 Å². The van der Waals surface area contributed by atoms with E-state index < -0.39 is 24.1 Å². The molecule has 1 unspecified atom stereocenters. The SMILES string of the molecule is CC(ONC(=O)c1cnc(CNC(=O)OCC2c3ccccc3-c3ccccc32)nc1)C(=O)O. The molecule has 3 aromatic rings. The lowest BCUT2D eigenvalue weighted by atomic mass is 9.98. The number of nitrogens with zero attached hydrogens (tertiary/aromatic N) is 2. The number of carboxylic acid groups (broad SMARTS) is 1. The highest BCUT2D eigenvalue weighted by Crippen LogP contribution is 2.44. The van der Waals surface area contributed by atoms with Crippen LogP contribution in [0.15, 0.2) is 60.9 Å². The standard InChI is InChI=1S/C24H22N4O6/c1-14(23(30)31)34-28-22(29)15-10-25-21(26-11-15)12-27-24(32)33-13-20-18-8-4-2-6-16(18)17-7-3-5-9-19(17)20/h2-11,14,20H,12-13H2,1H3,(H,27,32)(H,28,29)(H,30,31). The molecular weight excluding hydrogens is 440 g/mol. The number of ether oxygens (including phenoxy) is 1.